The molecule has 2 heteroatoms. The molecule has 0 aromatic heterocycles. The molecule has 0 aliphatic carbocycles. The number of rotatable bonds is 2. The van der Waals surface area contributed by atoms with Gasteiger partial charge < -0.3 is 5.11 Å². The molecule has 1 heterocycles. The Morgan fingerprint density at radius 2 is 1.86 bits per heavy atom. The molecule has 0 bridgehead atoms. The third-order valence-corrected chi connectivity index (χ3v) is 3.13. The van der Waals surface area contributed by atoms with Crippen molar-refractivity contribution < 1.29 is 5.11 Å². The van der Waals surface area contributed by atoms with Crippen LogP contribution in [0.4, 0.5) is 0 Å². The maximum atomic E-state index is 9.93. The van der Waals surface area contributed by atoms with Crippen molar-refractivity contribution in [2.24, 2.45) is 11.8 Å². The summed E-state index contributed by atoms with van der Waals surface area (Å²) in [6.07, 6.45) is 1.03. The Labute approximate surface area is 88.3 Å². The van der Waals surface area contributed by atoms with Gasteiger partial charge in [0.2, 0.25) is 0 Å². The van der Waals surface area contributed by atoms with Gasteiger partial charge in [0.05, 0.1) is 6.10 Å². The number of nitrogens with zero attached hydrogens (tertiary/aromatic N) is 1. The standard InChI is InChI=1S/C12H25NO/c1-9(2)6-10-7-13(8-11(10)14)12(3,4)5/h9-11,14H,6-8H2,1-5H3. The van der Waals surface area contributed by atoms with E-state index < -0.39 is 0 Å². The zero-order chi connectivity index (χ0) is 10.9. The van der Waals surface area contributed by atoms with E-state index in [0.29, 0.717) is 11.8 Å². The summed E-state index contributed by atoms with van der Waals surface area (Å²) in [7, 11) is 0. The van der Waals surface area contributed by atoms with Gasteiger partial charge >= 0.3 is 0 Å². The van der Waals surface area contributed by atoms with Crippen LogP contribution in [-0.4, -0.2) is 34.7 Å². The molecular formula is C12H25NO. The monoisotopic (exact) mass is 199 g/mol. The zero-order valence-electron chi connectivity index (χ0n) is 10.2. The van der Waals surface area contributed by atoms with Gasteiger partial charge in [0.25, 0.3) is 0 Å². The molecule has 1 rings (SSSR count). The molecule has 0 amide bonds. The van der Waals surface area contributed by atoms with Crippen molar-refractivity contribution in [1.82, 2.24) is 4.90 Å². The van der Waals surface area contributed by atoms with Gasteiger partial charge in [0.15, 0.2) is 0 Å². The zero-order valence-corrected chi connectivity index (χ0v) is 10.2. The predicted octanol–water partition coefficient (Wildman–Crippen LogP) is 2.12. The van der Waals surface area contributed by atoms with Crippen molar-refractivity contribution in [2.75, 3.05) is 13.1 Å². The van der Waals surface area contributed by atoms with Gasteiger partial charge in [0, 0.05) is 18.6 Å². The van der Waals surface area contributed by atoms with Gasteiger partial charge in [-0.3, -0.25) is 4.90 Å². The van der Waals surface area contributed by atoms with Crippen molar-refractivity contribution in [3.8, 4) is 0 Å². The van der Waals surface area contributed by atoms with Crippen LogP contribution >= 0.6 is 0 Å². The second-order valence-electron chi connectivity index (χ2n) is 6.03. The summed E-state index contributed by atoms with van der Waals surface area (Å²) >= 11 is 0. The van der Waals surface area contributed by atoms with E-state index in [1.807, 2.05) is 0 Å². The summed E-state index contributed by atoms with van der Waals surface area (Å²) in [5.74, 6) is 1.17. The highest BCUT2D eigenvalue weighted by Gasteiger charge is 2.36. The molecule has 1 aliphatic heterocycles. The smallest absolute Gasteiger partial charge is 0.0707 e. The molecule has 1 N–H and O–H groups in total. The van der Waals surface area contributed by atoms with E-state index in [9.17, 15) is 5.11 Å². The summed E-state index contributed by atoms with van der Waals surface area (Å²) in [4.78, 5) is 2.39. The quantitative estimate of drug-likeness (QED) is 0.736. The number of aliphatic hydroxyl groups is 1. The summed E-state index contributed by atoms with van der Waals surface area (Å²) in [6.45, 7) is 13.0. The molecule has 84 valence electrons. The minimum atomic E-state index is -0.114. The number of hydrogen-bond donors (Lipinski definition) is 1. The van der Waals surface area contributed by atoms with Gasteiger partial charge in [-0.25, -0.2) is 0 Å². The summed E-state index contributed by atoms with van der Waals surface area (Å²) < 4.78 is 0. The van der Waals surface area contributed by atoms with Gasteiger partial charge in [-0.15, -0.1) is 0 Å². The summed E-state index contributed by atoms with van der Waals surface area (Å²) in [5.41, 5.74) is 0.201. The highest BCUT2D eigenvalue weighted by molar-refractivity contribution is 4.90. The Morgan fingerprint density at radius 1 is 1.29 bits per heavy atom. The first kappa shape index (κ1) is 12.0. The van der Waals surface area contributed by atoms with Crippen LogP contribution in [0.1, 0.15) is 41.0 Å². The fraction of sp³-hybridized carbons (Fsp3) is 1.00. The van der Waals surface area contributed by atoms with E-state index in [4.69, 9.17) is 0 Å². The molecule has 1 saturated heterocycles. The van der Waals surface area contributed by atoms with Gasteiger partial charge in [-0.05, 0) is 39.0 Å². The van der Waals surface area contributed by atoms with E-state index in [0.717, 1.165) is 19.5 Å². The highest BCUT2D eigenvalue weighted by atomic mass is 16.3. The molecular weight excluding hydrogens is 174 g/mol. The molecule has 2 atom stereocenters. The Balaban J connectivity index is 2.51. The van der Waals surface area contributed by atoms with Gasteiger partial charge in [-0.1, -0.05) is 13.8 Å². The van der Waals surface area contributed by atoms with Crippen molar-refractivity contribution in [3.63, 3.8) is 0 Å². The van der Waals surface area contributed by atoms with Crippen molar-refractivity contribution in [2.45, 2.75) is 52.7 Å². The molecule has 1 fully saturated rings. The highest BCUT2D eigenvalue weighted by Crippen LogP contribution is 2.28. The van der Waals surface area contributed by atoms with Crippen LogP contribution in [0.2, 0.25) is 0 Å². The Bertz CT molecular complexity index is 183. The first-order valence-electron chi connectivity index (χ1n) is 5.74. The second-order valence-corrected chi connectivity index (χ2v) is 6.03. The van der Waals surface area contributed by atoms with E-state index >= 15 is 0 Å². The number of aliphatic hydroxyl groups excluding tert-OH is 1. The van der Waals surface area contributed by atoms with Crippen molar-refractivity contribution in [1.29, 1.82) is 0 Å². The SMILES string of the molecule is CC(C)CC1CN(C(C)(C)C)CC1O. The maximum absolute atomic E-state index is 9.93. The van der Waals surface area contributed by atoms with E-state index in [-0.39, 0.29) is 11.6 Å². The van der Waals surface area contributed by atoms with Crippen LogP contribution in [0, 0.1) is 11.8 Å². The minimum absolute atomic E-state index is 0.114. The van der Waals surface area contributed by atoms with Crippen LogP contribution < -0.4 is 0 Å². The molecule has 0 aromatic carbocycles. The average Bonchev–Trinajstić information content (AvgIpc) is 2.30. The first-order chi connectivity index (χ1) is 6.30. The predicted molar refractivity (Wildman–Crippen MR) is 60.3 cm³/mol. The van der Waals surface area contributed by atoms with Crippen LogP contribution in [0.5, 0.6) is 0 Å². The molecule has 0 aromatic rings. The van der Waals surface area contributed by atoms with E-state index in [2.05, 4.69) is 39.5 Å². The lowest BCUT2D eigenvalue weighted by Crippen LogP contribution is -2.40. The minimum Gasteiger partial charge on any atom is -0.391 e. The molecule has 2 nitrogen and oxygen atoms in total. The van der Waals surface area contributed by atoms with Crippen molar-refractivity contribution in [3.05, 3.63) is 0 Å². The summed E-state index contributed by atoms with van der Waals surface area (Å²) in [6, 6.07) is 0. The lowest BCUT2D eigenvalue weighted by molar-refractivity contribution is 0.117. The van der Waals surface area contributed by atoms with Crippen LogP contribution in [-0.2, 0) is 0 Å². The third-order valence-electron chi connectivity index (χ3n) is 3.13. The van der Waals surface area contributed by atoms with E-state index in [1.54, 1.807) is 0 Å². The Kier molecular flexibility index (Phi) is 3.59. The second kappa shape index (κ2) is 4.19. The number of β-amino-alcohol motifs (C(OH)–C–C–N with tert-alkyl or cyclic N) is 1. The molecule has 0 spiro atoms. The Hall–Kier alpha value is -0.0800. The number of hydrogen-bond acceptors (Lipinski definition) is 2. The van der Waals surface area contributed by atoms with Gasteiger partial charge in [-0.2, -0.15) is 0 Å². The average molecular weight is 199 g/mol. The van der Waals surface area contributed by atoms with Crippen LogP contribution in [0.15, 0.2) is 0 Å². The van der Waals surface area contributed by atoms with Crippen LogP contribution in [0.25, 0.3) is 0 Å². The molecule has 14 heavy (non-hydrogen) atoms. The van der Waals surface area contributed by atoms with Crippen LogP contribution in [0.3, 0.4) is 0 Å². The third kappa shape index (κ3) is 2.96. The molecule has 0 radical (unpaired) electrons. The largest absolute Gasteiger partial charge is 0.391 e. The lowest BCUT2D eigenvalue weighted by atomic mass is 9.94. The first-order valence-corrected chi connectivity index (χ1v) is 5.74. The van der Waals surface area contributed by atoms with E-state index in [1.165, 1.54) is 0 Å². The normalized spacial score (nSPS) is 30.2. The summed E-state index contributed by atoms with van der Waals surface area (Å²) in [5, 5.41) is 9.93. The fourth-order valence-corrected chi connectivity index (χ4v) is 2.24. The lowest BCUT2D eigenvalue weighted by Gasteiger charge is -2.31. The molecule has 2 unspecified atom stereocenters. The van der Waals surface area contributed by atoms with Gasteiger partial charge in [0.1, 0.15) is 0 Å². The Morgan fingerprint density at radius 3 is 2.21 bits per heavy atom. The number of likely N-dealkylation sites (tertiary alicyclic amines) is 1. The fourth-order valence-electron chi connectivity index (χ4n) is 2.24. The molecule has 0 saturated carbocycles. The topological polar surface area (TPSA) is 23.5 Å². The van der Waals surface area contributed by atoms with Crippen molar-refractivity contribution >= 4 is 0 Å². The maximum Gasteiger partial charge on any atom is 0.0707 e. The molecule has 1 aliphatic rings.